The first-order valence-corrected chi connectivity index (χ1v) is 15.6. The molecule has 0 aromatic heterocycles. The summed E-state index contributed by atoms with van der Waals surface area (Å²) in [4.78, 5) is 21.4. The van der Waals surface area contributed by atoms with Crippen LogP contribution in [0.3, 0.4) is 0 Å². The molecule has 1 amide bonds. The van der Waals surface area contributed by atoms with Crippen LogP contribution in [0.25, 0.3) is 0 Å². The number of aliphatic imine (C=N–C) groups is 1. The van der Waals surface area contributed by atoms with Gasteiger partial charge in [-0.15, -0.1) is 0 Å². The van der Waals surface area contributed by atoms with Gasteiger partial charge in [0.05, 0.1) is 0 Å². The minimum atomic E-state index is -1.23. The first-order valence-electron chi connectivity index (χ1n) is 13.0. The number of hydrogen-bond acceptors (Lipinski definition) is 5. The Morgan fingerprint density at radius 3 is 2.78 bits per heavy atom. The Kier molecular flexibility index (Phi) is 5.67. The second-order valence-electron chi connectivity index (χ2n) is 11.3. The molecule has 2 saturated carbocycles. The fourth-order valence-electron chi connectivity index (χ4n) is 7.65. The topological polar surface area (TPSA) is 82.4 Å². The summed E-state index contributed by atoms with van der Waals surface area (Å²) in [6.45, 7) is 3.21. The zero-order chi connectivity index (χ0) is 22.1. The van der Waals surface area contributed by atoms with Crippen LogP contribution in [0.15, 0.2) is 4.99 Å². The number of hydrogen-bond donors (Lipinski definition) is 2. The van der Waals surface area contributed by atoms with Gasteiger partial charge in [-0.05, 0) is 0 Å². The molecule has 4 heterocycles. The van der Waals surface area contributed by atoms with Gasteiger partial charge in [-0.1, -0.05) is 0 Å². The molecule has 180 valence electrons. The van der Waals surface area contributed by atoms with Crippen molar-refractivity contribution < 1.29 is 40.9 Å². The van der Waals surface area contributed by atoms with Crippen molar-refractivity contribution in [1.29, 1.82) is 0 Å². The third-order valence-corrected chi connectivity index (χ3v) is 14.0. The van der Waals surface area contributed by atoms with Crippen molar-refractivity contribution in [2.45, 2.75) is 92.6 Å². The van der Waals surface area contributed by atoms with Crippen molar-refractivity contribution in [3.63, 3.8) is 0 Å². The molecule has 0 aromatic carbocycles. The van der Waals surface area contributed by atoms with E-state index in [1.165, 1.54) is 57.1 Å². The van der Waals surface area contributed by atoms with Crippen LogP contribution in [0.5, 0.6) is 0 Å². The number of aliphatic hydroxyl groups is 2. The van der Waals surface area contributed by atoms with E-state index in [4.69, 9.17) is 9.73 Å². The second-order valence-corrected chi connectivity index (χ2v) is 14.7. The van der Waals surface area contributed by atoms with Crippen LogP contribution in [0, 0.1) is 29.6 Å². The van der Waals surface area contributed by atoms with Crippen molar-refractivity contribution in [3.05, 3.63) is 0 Å². The molecule has 2 aliphatic carbocycles. The molecule has 7 heteroatoms. The van der Waals surface area contributed by atoms with Crippen molar-refractivity contribution in [3.8, 4) is 0 Å². The molecule has 4 aliphatic heterocycles. The van der Waals surface area contributed by atoms with Gasteiger partial charge in [0.2, 0.25) is 0 Å². The average Bonchev–Trinajstić information content (AvgIpc) is 3.08. The van der Waals surface area contributed by atoms with E-state index in [1.807, 2.05) is 0 Å². The SMILES string of the molecule is CCC12CC3C(COC(O)C3(O)[I-]CC3CCC3)C(=O)N1CC1CC3CCCCC3N=C12. The summed E-state index contributed by atoms with van der Waals surface area (Å²) in [7, 11) is 0. The predicted molar refractivity (Wildman–Crippen MR) is 117 cm³/mol. The van der Waals surface area contributed by atoms with Gasteiger partial charge in [-0.25, -0.2) is 0 Å². The Bertz CT molecular complexity index is 803. The molecule has 2 N–H and O–H groups in total. The van der Waals surface area contributed by atoms with Crippen LogP contribution in [0.1, 0.15) is 71.1 Å². The number of nitrogens with zero attached hydrogens (tertiary/aromatic N) is 2. The molecule has 8 unspecified atom stereocenters. The molecule has 6 aliphatic rings. The minimum absolute atomic E-state index is 0.140. The second kappa shape index (κ2) is 8.16. The number of piperidine rings is 1. The molecule has 5 fully saturated rings. The van der Waals surface area contributed by atoms with Crippen LogP contribution in [-0.4, -0.2) is 65.8 Å². The quantitative estimate of drug-likeness (QED) is 0.363. The maximum atomic E-state index is 13.9. The predicted octanol–water partition coefficient (Wildman–Crippen LogP) is -0.440. The van der Waals surface area contributed by atoms with Crippen LogP contribution in [0.2, 0.25) is 0 Å². The van der Waals surface area contributed by atoms with E-state index in [1.54, 1.807) is 0 Å². The fourth-order valence-corrected chi connectivity index (χ4v) is 11.6. The summed E-state index contributed by atoms with van der Waals surface area (Å²) < 4.78 is 5.47. The number of carbonyl (C=O) groups is 1. The van der Waals surface area contributed by atoms with Crippen LogP contribution in [-0.2, 0) is 9.53 Å². The number of fused-ring (bicyclic) bond motifs is 5. The molecule has 8 atom stereocenters. The van der Waals surface area contributed by atoms with E-state index in [0.29, 0.717) is 23.8 Å². The Labute approximate surface area is 201 Å². The summed E-state index contributed by atoms with van der Waals surface area (Å²) in [5.41, 5.74) is 0.895. The maximum absolute atomic E-state index is 13.9. The van der Waals surface area contributed by atoms with Gasteiger partial charge in [0.25, 0.3) is 0 Å². The van der Waals surface area contributed by atoms with Gasteiger partial charge in [-0.2, -0.15) is 0 Å². The summed E-state index contributed by atoms with van der Waals surface area (Å²) in [6, 6.07) is 0.427. The Hall–Kier alpha value is -0.250. The average molecular weight is 557 g/mol. The Morgan fingerprint density at radius 2 is 2.03 bits per heavy atom. The number of amides is 1. The van der Waals surface area contributed by atoms with E-state index in [9.17, 15) is 15.0 Å². The summed E-state index contributed by atoms with van der Waals surface area (Å²) in [5, 5.41) is 22.7. The summed E-state index contributed by atoms with van der Waals surface area (Å²) in [6.07, 6.45) is 10.4. The van der Waals surface area contributed by atoms with Crippen molar-refractivity contribution in [1.82, 2.24) is 4.90 Å². The molecule has 6 rings (SSSR count). The monoisotopic (exact) mass is 557 g/mol. The third kappa shape index (κ3) is 3.19. The van der Waals surface area contributed by atoms with Gasteiger partial charge in [0, 0.05) is 0 Å². The molecule has 32 heavy (non-hydrogen) atoms. The molecule has 0 aromatic rings. The van der Waals surface area contributed by atoms with Crippen LogP contribution < -0.4 is 21.2 Å². The number of alkyl halides is 2. The van der Waals surface area contributed by atoms with E-state index < -0.39 is 31.1 Å². The van der Waals surface area contributed by atoms with Gasteiger partial charge in [0.15, 0.2) is 0 Å². The molecule has 0 spiro atoms. The standard InChI is InChI=1S/C25H38IN2O4/c1-2-24-11-19-18(14-32-23(30)25(19,31)26-12-15-6-5-7-15)22(29)28(24)13-17-10-16-8-3-4-9-20(16)27-21(17)24/h15-20,23,30-31H,2-14H2,1H3/q-1. The van der Waals surface area contributed by atoms with Gasteiger partial charge < -0.3 is 0 Å². The number of halogens is 1. The zero-order valence-corrected chi connectivity index (χ0v) is 21.4. The molecule has 0 radical (unpaired) electrons. The van der Waals surface area contributed by atoms with Gasteiger partial charge in [-0.3, -0.25) is 0 Å². The van der Waals surface area contributed by atoms with E-state index >= 15 is 0 Å². The zero-order valence-electron chi connectivity index (χ0n) is 19.2. The van der Waals surface area contributed by atoms with Gasteiger partial charge in [0.1, 0.15) is 0 Å². The molecule has 6 nitrogen and oxygen atoms in total. The third-order valence-electron chi connectivity index (χ3n) is 9.79. The molecular weight excluding hydrogens is 519 g/mol. The van der Waals surface area contributed by atoms with Crippen molar-refractivity contribution in [2.75, 3.05) is 17.6 Å². The first-order chi connectivity index (χ1) is 15.5. The number of rotatable bonds is 4. The van der Waals surface area contributed by atoms with Crippen molar-refractivity contribution >= 4 is 11.6 Å². The molecule has 0 bridgehead atoms. The summed E-state index contributed by atoms with van der Waals surface area (Å²) >= 11 is -0.691. The van der Waals surface area contributed by atoms with E-state index in [0.717, 1.165) is 23.8 Å². The Balaban J connectivity index is 1.34. The Morgan fingerprint density at radius 1 is 1.22 bits per heavy atom. The van der Waals surface area contributed by atoms with Gasteiger partial charge >= 0.3 is 202 Å². The van der Waals surface area contributed by atoms with E-state index in [2.05, 4.69) is 11.8 Å². The molecule has 3 saturated heterocycles. The first kappa shape index (κ1) is 22.2. The number of carbonyl (C=O) groups excluding carboxylic acids is 1. The molecular formula is C25H38IN2O4-. The number of aliphatic hydroxyl groups excluding tert-OH is 1. The van der Waals surface area contributed by atoms with Crippen LogP contribution >= 0.6 is 0 Å². The van der Waals surface area contributed by atoms with Crippen LogP contribution in [0.4, 0.5) is 0 Å². The van der Waals surface area contributed by atoms with Crippen molar-refractivity contribution in [2.24, 2.45) is 34.6 Å². The fraction of sp³-hybridized carbons (Fsp3) is 0.920. The summed E-state index contributed by atoms with van der Waals surface area (Å²) in [5.74, 6) is 1.35. The normalized spacial score (nSPS) is 48.4. The number of ether oxygens (including phenoxy) is 1. The van der Waals surface area contributed by atoms with E-state index in [-0.39, 0.29) is 29.9 Å².